The maximum atomic E-state index is 14.2. The third kappa shape index (κ3) is 5.47. The Labute approximate surface area is 156 Å². The zero-order valence-corrected chi connectivity index (χ0v) is 15.5. The molecule has 0 spiro atoms. The average molecular weight is 376 g/mol. The van der Waals surface area contributed by atoms with Crippen molar-refractivity contribution in [2.75, 3.05) is 20.8 Å². The molecule has 2 aromatic rings. The second-order valence-electron chi connectivity index (χ2n) is 5.60. The van der Waals surface area contributed by atoms with E-state index < -0.39 is 24.0 Å². The topological polar surface area (TPSA) is 87.6 Å². The molecule has 2 rings (SSSR count). The molecule has 27 heavy (non-hydrogen) atoms. The van der Waals surface area contributed by atoms with E-state index in [1.165, 1.54) is 26.4 Å². The summed E-state index contributed by atoms with van der Waals surface area (Å²) in [6.07, 6.45) is 2.08. The van der Waals surface area contributed by atoms with Crippen molar-refractivity contribution in [3.63, 3.8) is 0 Å². The van der Waals surface area contributed by atoms with Crippen LogP contribution in [0.25, 0.3) is 0 Å². The molecule has 1 aromatic heterocycles. The minimum atomic E-state index is -0.669. The smallest absolute Gasteiger partial charge is 0.313 e. The number of benzene rings is 1. The Hall–Kier alpha value is -3.03. The number of hydrogen-bond acceptors (Lipinski definition) is 7. The van der Waals surface area contributed by atoms with Gasteiger partial charge in [-0.25, -0.2) is 14.4 Å². The average Bonchev–Trinajstić information content (AvgIpc) is 2.66. The normalized spacial score (nSPS) is 10.4. The molecule has 0 N–H and O–H groups in total. The van der Waals surface area contributed by atoms with Crippen molar-refractivity contribution in [3.8, 4) is 11.8 Å². The van der Waals surface area contributed by atoms with Gasteiger partial charge in [0.15, 0.2) is 5.78 Å². The fourth-order valence-electron chi connectivity index (χ4n) is 2.44. The van der Waals surface area contributed by atoms with Crippen molar-refractivity contribution in [2.24, 2.45) is 0 Å². The van der Waals surface area contributed by atoms with Crippen LogP contribution in [0.15, 0.2) is 24.4 Å². The van der Waals surface area contributed by atoms with E-state index in [-0.39, 0.29) is 23.9 Å². The predicted molar refractivity (Wildman–Crippen MR) is 94.5 cm³/mol. The number of rotatable bonds is 9. The highest BCUT2D eigenvalue weighted by Gasteiger charge is 2.17. The predicted octanol–water partition coefficient (Wildman–Crippen LogP) is 2.55. The monoisotopic (exact) mass is 376 g/mol. The number of aryl methyl sites for hydroxylation is 2. The van der Waals surface area contributed by atoms with Gasteiger partial charge < -0.3 is 14.2 Å². The van der Waals surface area contributed by atoms with E-state index >= 15 is 0 Å². The van der Waals surface area contributed by atoms with Crippen LogP contribution in [0.3, 0.4) is 0 Å². The first kappa shape index (κ1) is 20.3. The first-order chi connectivity index (χ1) is 13.0. The molecule has 0 aliphatic carbocycles. The molecule has 0 aliphatic rings. The van der Waals surface area contributed by atoms with Gasteiger partial charge in [0.25, 0.3) is 11.8 Å². The van der Waals surface area contributed by atoms with Gasteiger partial charge in [-0.2, -0.15) is 0 Å². The fraction of sp³-hybridized carbons (Fsp3) is 0.368. The largest absolute Gasteiger partial charge is 0.477 e. The van der Waals surface area contributed by atoms with Gasteiger partial charge >= 0.3 is 5.97 Å². The van der Waals surface area contributed by atoms with E-state index in [0.717, 1.165) is 0 Å². The molecular formula is C19H21FN2O5. The number of esters is 1. The highest BCUT2D eigenvalue weighted by Crippen LogP contribution is 2.21. The Morgan fingerprint density at radius 1 is 1.11 bits per heavy atom. The number of ketones is 1. The zero-order valence-electron chi connectivity index (χ0n) is 15.5. The van der Waals surface area contributed by atoms with Gasteiger partial charge in [-0.05, 0) is 37.5 Å². The van der Waals surface area contributed by atoms with Crippen molar-refractivity contribution < 1.29 is 28.2 Å². The summed E-state index contributed by atoms with van der Waals surface area (Å²) >= 11 is 0. The molecule has 0 radical (unpaired) electrons. The lowest BCUT2D eigenvalue weighted by molar-refractivity contribution is -0.141. The number of halogens is 1. The summed E-state index contributed by atoms with van der Waals surface area (Å²) in [5, 5.41) is 0. The molecule has 0 atom stereocenters. The molecule has 0 saturated carbocycles. The second kappa shape index (κ2) is 9.61. The lowest BCUT2D eigenvalue weighted by atomic mass is 10.0. The molecule has 1 aromatic carbocycles. The maximum Gasteiger partial charge on any atom is 0.313 e. The summed E-state index contributed by atoms with van der Waals surface area (Å²) in [7, 11) is 2.94. The van der Waals surface area contributed by atoms with Crippen LogP contribution < -0.4 is 9.47 Å². The standard InChI is InChI=1S/C19H21FN2O5/c1-4-27-17(24)10-16(23)14-8-6-12(9-15(14)20)5-7-13-11-21-18(25-2)19(22-13)26-3/h6,8-9,11H,4-5,7,10H2,1-3H3. The van der Waals surface area contributed by atoms with Gasteiger partial charge in [-0.15, -0.1) is 0 Å². The first-order valence-electron chi connectivity index (χ1n) is 8.39. The summed E-state index contributed by atoms with van der Waals surface area (Å²) in [6, 6.07) is 4.31. The van der Waals surface area contributed by atoms with Crippen molar-refractivity contribution in [1.82, 2.24) is 9.97 Å². The molecule has 144 valence electrons. The summed E-state index contributed by atoms with van der Waals surface area (Å²) in [4.78, 5) is 31.7. The van der Waals surface area contributed by atoms with Crippen molar-refractivity contribution in [2.45, 2.75) is 26.2 Å². The van der Waals surface area contributed by atoms with Gasteiger partial charge in [0.1, 0.15) is 12.2 Å². The van der Waals surface area contributed by atoms with Crippen LogP contribution in [-0.4, -0.2) is 42.5 Å². The number of carbonyl (C=O) groups is 2. The van der Waals surface area contributed by atoms with Gasteiger partial charge in [-0.3, -0.25) is 9.59 Å². The summed E-state index contributed by atoms with van der Waals surface area (Å²) in [5.74, 6) is -1.38. The van der Waals surface area contributed by atoms with Crippen molar-refractivity contribution >= 4 is 11.8 Å². The second-order valence-corrected chi connectivity index (χ2v) is 5.60. The number of ether oxygens (including phenoxy) is 3. The molecule has 1 heterocycles. The van der Waals surface area contributed by atoms with Crippen LogP contribution in [0.5, 0.6) is 11.8 Å². The molecule has 0 saturated heterocycles. The van der Waals surface area contributed by atoms with Gasteiger partial charge in [0.2, 0.25) is 0 Å². The van der Waals surface area contributed by atoms with Crippen LogP contribution in [0.4, 0.5) is 4.39 Å². The summed E-state index contributed by atoms with van der Waals surface area (Å²) < 4.78 is 29.1. The van der Waals surface area contributed by atoms with Crippen LogP contribution in [0, 0.1) is 5.82 Å². The Bertz CT molecular complexity index is 826. The van der Waals surface area contributed by atoms with Crippen molar-refractivity contribution in [1.29, 1.82) is 0 Å². The Kier molecular flexibility index (Phi) is 7.22. The highest BCUT2D eigenvalue weighted by atomic mass is 19.1. The van der Waals surface area contributed by atoms with Crippen molar-refractivity contribution in [3.05, 3.63) is 47.0 Å². The van der Waals surface area contributed by atoms with E-state index in [9.17, 15) is 14.0 Å². The van der Waals surface area contributed by atoms with E-state index in [1.807, 2.05) is 0 Å². The third-order valence-electron chi connectivity index (χ3n) is 3.76. The van der Waals surface area contributed by atoms with Gasteiger partial charge in [0.05, 0.1) is 38.3 Å². The highest BCUT2D eigenvalue weighted by molar-refractivity contribution is 6.06. The summed E-state index contributed by atoms with van der Waals surface area (Å²) in [6.45, 7) is 1.81. The quantitative estimate of drug-likeness (QED) is 0.377. The van der Waals surface area contributed by atoms with E-state index in [2.05, 4.69) is 9.97 Å². The fourth-order valence-corrected chi connectivity index (χ4v) is 2.44. The first-order valence-corrected chi connectivity index (χ1v) is 8.39. The van der Waals surface area contributed by atoms with Crippen LogP contribution in [-0.2, 0) is 22.4 Å². The van der Waals surface area contributed by atoms with Crippen LogP contribution in [0.2, 0.25) is 0 Å². The molecule has 0 fully saturated rings. The maximum absolute atomic E-state index is 14.2. The molecule has 0 bridgehead atoms. The Morgan fingerprint density at radius 3 is 2.48 bits per heavy atom. The number of carbonyl (C=O) groups excluding carboxylic acids is 2. The van der Waals surface area contributed by atoms with Gasteiger partial charge in [-0.1, -0.05) is 6.07 Å². The third-order valence-corrected chi connectivity index (χ3v) is 3.76. The summed E-state index contributed by atoms with van der Waals surface area (Å²) in [5.41, 5.74) is 1.23. The van der Waals surface area contributed by atoms with Crippen LogP contribution in [0.1, 0.15) is 35.0 Å². The Balaban J connectivity index is 2.03. The minimum absolute atomic E-state index is 0.127. The molecule has 8 heteroatoms. The van der Waals surface area contributed by atoms with Gasteiger partial charge in [0, 0.05) is 0 Å². The number of Topliss-reactive ketones (excluding diaryl/α,β-unsaturated/α-hetero) is 1. The molecular weight excluding hydrogens is 355 g/mol. The number of methoxy groups -OCH3 is 2. The number of nitrogens with zero attached hydrogens (tertiary/aromatic N) is 2. The van der Waals surface area contributed by atoms with E-state index in [4.69, 9.17) is 14.2 Å². The van der Waals surface area contributed by atoms with E-state index in [0.29, 0.717) is 24.1 Å². The number of hydrogen-bond donors (Lipinski definition) is 0. The SMILES string of the molecule is CCOC(=O)CC(=O)c1ccc(CCc2cnc(OC)c(OC)n2)cc1F. The Morgan fingerprint density at radius 2 is 1.85 bits per heavy atom. The molecule has 7 nitrogen and oxygen atoms in total. The lowest BCUT2D eigenvalue weighted by Gasteiger charge is -2.08. The van der Waals surface area contributed by atoms with Crippen LogP contribution >= 0.6 is 0 Å². The molecule has 0 amide bonds. The lowest BCUT2D eigenvalue weighted by Crippen LogP contribution is -2.12. The zero-order chi connectivity index (χ0) is 19.8. The molecule has 0 unspecified atom stereocenters. The molecule has 0 aliphatic heterocycles. The van der Waals surface area contributed by atoms with E-state index in [1.54, 1.807) is 19.2 Å². The minimum Gasteiger partial charge on any atom is -0.477 e. The number of aromatic nitrogens is 2.